The van der Waals surface area contributed by atoms with Gasteiger partial charge in [0.2, 0.25) is 0 Å². The molecule has 0 atom stereocenters. The quantitative estimate of drug-likeness (QED) is 0.585. The van der Waals surface area contributed by atoms with Crippen LogP contribution in [0.15, 0.2) is 23.1 Å². The third-order valence-electron chi connectivity index (χ3n) is 2.15. The minimum absolute atomic E-state index is 0.138. The predicted octanol–water partition coefficient (Wildman–Crippen LogP) is 4.10. The maximum atomic E-state index is 13.4. The summed E-state index contributed by atoms with van der Waals surface area (Å²) in [7, 11) is 0. The number of hydrogen-bond acceptors (Lipinski definition) is 3. The van der Waals surface area contributed by atoms with Gasteiger partial charge in [0, 0.05) is 17.1 Å². The van der Waals surface area contributed by atoms with Crippen LogP contribution in [0, 0.1) is 5.82 Å². The molecule has 0 bridgehead atoms. The van der Waals surface area contributed by atoms with Gasteiger partial charge in [-0.15, -0.1) is 11.8 Å². The Morgan fingerprint density at radius 2 is 2.19 bits per heavy atom. The van der Waals surface area contributed by atoms with E-state index in [0.29, 0.717) is 4.90 Å². The Morgan fingerprint density at radius 1 is 1.38 bits per heavy atom. The molecular formula is C12H18FNS2. The fourth-order valence-corrected chi connectivity index (χ4v) is 2.42. The second-order valence-corrected chi connectivity index (χ2v) is 5.57. The van der Waals surface area contributed by atoms with Gasteiger partial charge >= 0.3 is 0 Å². The van der Waals surface area contributed by atoms with E-state index in [1.165, 1.54) is 11.8 Å². The minimum atomic E-state index is -0.138. The highest BCUT2D eigenvalue weighted by Gasteiger charge is 2.01. The highest BCUT2D eigenvalue weighted by atomic mass is 32.2. The van der Waals surface area contributed by atoms with Gasteiger partial charge in [0.1, 0.15) is 5.82 Å². The van der Waals surface area contributed by atoms with E-state index in [1.54, 1.807) is 6.07 Å². The number of anilines is 1. The molecule has 1 aromatic rings. The van der Waals surface area contributed by atoms with Crippen molar-refractivity contribution in [3.63, 3.8) is 0 Å². The minimum Gasteiger partial charge on any atom is -0.385 e. The maximum Gasteiger partial charge on any atom is 0.138 e. The average molecular weight is 259 g/mol. The van der Waals surface area contributed by atoms with E-state index in [4.69, 9.17) is 0 Å². The lowest BCUT2D eigenvalue weighted by molar-refractivity contribution is 0.602. The molecule has 1 N–H and O–H groups in total. The van der Waals surface area contributed by atoms with Gasteiger partial charge in [0.05, 0.1) is 0 Å². The van der Waals surface area contributed by atoms with E-state index in [-0.39, 0.29) is 5.82 Å². The van der Waals surface area contributed by atoms with Crippen LogP contribution < -0.4 is 5.32 Å². The van der Waals surface area contributed by atoms with Crippen LogP contribution in [0.1, 0.15) is 13.3 Å². The normalized spacial score (nSPS) is 10.4. The largest absolute Gasteiger partial charge is 0.385 e. The van der Waals surface area contributed by atoms with Gasteiger partial charge < -0.3 is 5.32 Å². The zero-order valence-electron chi connectivity index (χ0n) is 9.75. The predicted molar refractivity (Wildman–Crippen MR) is 74.3 cm³/mol. The first-order valence-electron chi connectivity index (χ1n) is 5.43. The van der Waals surface area contributed by atoms with Gasteiger partial charge in [-0.05, 0) is 42.4 Å². The summed E-state index contributed by atoms with van der Waals surface area (Å²) >= 11 is 3.37. The highest BCUT2D eigenvalue weighted by Crippen LogP contribution is 2.22. The summed E-state index contributed by atoms with van der Waals surface area (Å²) in [4.78, 5) is 0.701. The average Bonchev–Trinajstić information content (AvgIpc) is 2.29. The molecule has 4 heteroatoms. The van der Waals surface area contributed by atoms with Crippen molar-refractivity contribution in [2.45, 2.75) is 18.2 Å². The van der Waals surface area contributed by atoms with Crippen LogP contribution >= 0.6 is 23.5 Å². The molecule has 0 aliphatic heterocycles. The summed E-state index contributed by atoms with van der Waals surface area (Å²) in [5.74, 6) is 2.19. The number of halogens is 1. The Hall–Kier alpha value is -0.350. The Balaban J connectivity index is 2.34. The van der Waals surface area contributed by atoms with Crippen LogP contribution in [0.2, 0.25) is 0 Å². The first kappa shape index (κ1) is 13.7. The molecule has 0 heterocycles. The molecule has 1 aromatic carbocycles. The Labute approximate surface area is 106 Å². The van der Waals surface area contributed by atoms with Crippen LogP contribution in [0.3, 0.4) is 0 Å². The molecule has 0 aliphatic carbocycles. The second kappa shape index (κ2) is 7.85. The Bertz CT molecular complexity index is 318. The van der Waals surface area contributed by atoms with Gasteiger partial charge in [-0.3, -0.25) is 0 Å². The molecule has 1 rings (SSSR count). The van der Waals surface area contributed by atoms with Crippen molar-refractivity contribution < 1.29 is 4.39 Å². The third kappa shape index (κ3) is 4.66. The molecular weight excluding hydrogens is 241 g/mol. The van der Waals surface area contributed by atoms with Gasteiger partial charge in [-0.2, -0.15) is 11.8 Å². The highest BCUT2D eigenvalue weighted by molar-refractivity contribution is 7.99. The topological polar surface area (TPSA) is 12.0 Å². The molecule has 0 amide bonds. The summed E-state index contributed by atoms with van der Waals surface area (Å²) < 4.78 is 13.4. The van der Waals surface area contributed by atoms with Crippen LogP contribution in [0.5, 0.6) is 0 Å². The molecule has 0 aliphatic rings. The fourth-order valence-electron chi connectivity index (χ4n) is 1.33. The Morgan fingerprint density at radius 3 is 2.81 bits per heavy atom. The van der Waals surface area contributed by atoms with E-state index in [1.807, 2.05) is 30.2 Å². The van der Waals surface area contributed by atoms with Gasteiger partial charge in [-0.25, -0.2) is 4.39 Å². The van der Waals surface area contributed by atoms with Crippen molar-refractivity contribution in [2.24, 2.45) is 0 Å². The summed E-state index contributed by atoms with van der Waals surface area (Å²) in [6, 6.07) is 5.32. The van der Waals surface area contributed by atoms with Gasteiger partial charge in [-0.1, -0.05) is 6.92 Å². The summed E-state index contributed by atoms with van der Waals surface area (Å²) in [5, 5.41) is 3.23. The molecule has 0 radical (unpaired) electrons. The van der Waals surface area contributed by atoms with E-state index in [9.17, 15) is 4.39 Å². The number of thioether (sulfide) groups is 2. The smallest absolute Gasteiger partial charge is 0.138 e. The number of nitrogens with one attached hydrogen (secondary N) is 1. The summed E-state index contributed by atoms with van der Waals surface area (Å²) in [6.07, 6.45) is 3.00. The third-order valence-corrected chi connectivity index (χ3v) is 3.91. The lowest BCUT2D eigenvalue weighted by Gasteiger charge is -2.07. The Kier molecular flexibility index (Phi) is 6.73. The van der Waals surface area contributed by atoms with Crippen LogP contribution in [-0.2, 0) is 0 Å². The molecule has 0 saturated carbocycles. The molecule has 0 unspecified atom stereocenters. The number of rotatable bonds is 7. The van der Waals surface area contributed by atoms with Crippen LogP contribution in [0.4, 0.5) is 10.1 Å². The lowest BCUT2D eigenvalue weighted by Crippen LogP contribution is -2.03. The lowest BCUT2D eigenvalue weighted by atomic mass is 10.3. The van der Waals surface area contributed by atoms with Crippen molar-refractivity contribution in [3.8, 4) is 0 Å². The molecule has 0 aromatic heterocycles. The SMILES string of the molecule is CCSCCCNc1ccc(SC)c(F)c1. The van der Waals surface area contributed by atoms with Gasteiger partial charge in [0.25, 0.3) is 0 Å². The van der Waals surface area contributed by atoms with E-state index >= 15 is 0 Å². The molecule has 0 saturated heterocycles. The van der Waals surface area contributed by atoms with E-state index in [0.717, 1.165) is 30.2 Å². The van der Waals surface area contributed by atoms with Crippen LogP contribution in [0.25, 0.3) is 0 Å². The van der Waals surface area contributed by atoms with Crippen molar-refractivity contribution in [2.75, 3.05) is 29.6 Å². The number of benzene rings is 1. The summed E-state index contributed by atoms with van der Waals surface area (Å²) in [5.41, 5.74) is 0.872. The summed E-state index contributed by atoms with van der Waals surface area (Å²) in [6.45, 7) is 3.07. The molecule has 90 valence electrons. The number of hydrogen-bond donors (Lipinski definition) is 1. The van der Waals surface area contributed by atoms with E-state index < -0.39 is 0 Å². The van der Waals surface area contributed by atoms with Crippen LogP contribution in [-0.4, -0.2) is 24.3 Å². The first-order chi connectivity index (χ1) is 7.77. The molecule has 1 nitrogen and oxygen atoms in total. The van der Waals surface area contributed by atoms with E-state index in [2.05, 4.69) is 12.2 Å². The molecule has 16 heavy (non-hydrogen) atoms. The first-order valence-corrected chi connectivity index (χ1v) is 7.81. The zero-order chi connectivity index (χ0) is 11.8. The van der Waals surface area contributed by atoms with Crippen molar-refractivity contribution >= 4 is 29.2 Å². The standard InChI is InChI=1S/C12H18FNS2/c1-3-16-8-4-7-14-10-5-6-12(15-2)11(13)9-10/h5-6,9,14H,3-4,7-8H2,1-2H3. The molecule has 0 fully saturated rings. The maximum absolute atomic E-state index is 13.4. The fraction of sp³-hybridized carbons (Fsp3) is 0.500. The van der Waals surface area contributed by atoms with Crippen molar-refractivity contribution in [1.82, 2.24) is 0 Å². The zero-order valence-corrected chi connectivity index (χ0v) is 11.4. The monoisotopic (exact) mass is 259 g/mol. The van der Waals surface area contributed by atoms with Crippen molar-refractivity contribution in [3.05, 3.63) is 24.0 Å². The molecule has 0 spiro atoms. The second-order valence-electron chi connectivity index (χ2n) is 3.33. The van der Waals surface area contributed by atoms with Gasteiger partial charge in [0.15, 0.2) is 0 Å². The van der Waals surface area contributed by atoms with Crippen molar-refractivity contribution in [1.29, 1.82) is 0 Å².